The second-order valence-corrected chi connectivity index (χ2v) is 11.6. The molecule has 3 nitrogen and oxygen atoms in total. The highest BCUT2D eigenvalue weighted by Crippen LogP contribution is 2.37. The second kappa shape index (κ2) is 6.63. The first-order valence-electron chi connectivity index (χ1n) is 8.35. The lowest BCUT2D eigenvalue weighted by Crippen LogP contribution is -2.66. The zero-order valence-electron chi connectivity index (χ0n) is 14.4. The van der Waals surface area contributed by atoms with Crippen molar-refractivity contribution in [3.8, 4) is 0 Å². The van der Waals surface area contributed by atoms with E-state index in [4.69, 9.17) is 9.16 Å². The molecular formula is C20H24O3Si. The van der Waals surface area contributed by atoms with Crippen LogP contribution >= 0.6 is 0 Å². The van der Waals surface area contributed by atoms with Crippen molar-refractivity contribution in [2.45, 2.75) is 38.0 Å². The first kappa shape index (κ1) is 17.1. The van der Waals surface area contributed by atoms with Crippen molar-refractivity contribution in [3.63, 3.8) is 0 Å². The molecule has 1 heterocycles. The van der Waals surface area contributed by atoms with Crippen LogP contribution in [0.15, 0.2) is 60.7 Å². The number of carbonyl (C=O) groups excluding carboxylic acids is 1. The Balaban J connectivity index is 2.05. The van der Waals surface area contributed by atoms with Gasteiger partial charge in [-0.05, 0) is 15.4 Å². The monoisotopic (exact) mass is 340 g/mol. The van der Waals surface area contributed by atoms with Gasteiger partial charge < -0.3 is 14.0 Å². The Morgan fingerprint density at radius 3 is 1.88 bits per heavy atom. The Bertz CT molecular complexity index is 640. The van der Waals surface area contributed by atoms with E-state index in [1.165, 1.54) is 10.4 Å². The Hall–Kier alpha value is -1.75. The van der Waals surface area contributed by atoms with Crippen LogP contribution in [0.2, 0.25) is 5.04 Å². The molecule has 2 unspecified atom stereocenters. The number of rotatable bonds is 6. The number of hydrogen-bond donors (Lipinski definition) is 0. The SMILES string of the molecule is CC(C)(C)[Si](OCC1OC1C=O)(c1ccccc1)c1ccccc1. The molecule has 0 saturated carbocycles. The third kappa shape index (κ3) is 3.09. The first-order chi connectivity index (χ1) is 11.5. The third-order valence-corrected chi connectivity index (χ3v) is 9.64. The summed E-state index contributed by atoms with van der Waals surface area (Å²) in [5, 5.41) is 2.43. The smallest absolute Gasteiger partial charge is 0.261 e. The fourth-order valence-electron chi connectivity index (χ4n) is 3.38. The van der Waals surface area contributed by atoms with Gasteiger partial charge >= 0.3 is 0 Å². The number of ether oxygens (including phenoxy) is 1. The summed E-state index contributed by atoms with van der Waals surface area (Å²) in [6.45, 7) is 7.18. The van der Waals surface area contributed by atoms with Crippen LogP contribution < -0.4 is 10.4 Å². The third-order valence-electron chi connectivity index (χ3n) is 4.64. The van der Waals surface area contributed by atoms with E-state index in [2.05, 4.69) is 69.3 Å². The van der Waals surface area contributed by atoms with Crippen molar-refractivity contribution in [1.82, 2.24) is 0 Å². The topological polar surface area (TPSA) is 38.8 Å². The van der Waals surface area contributed by atoms with Crippen molar-refractivity contribution in [1.29, 1.82) is 0 Å². The van der Waals surface area contributed by atoms with E-state index in [1.54, 1.807) is 0 Å². The molecule has 1 fully saturated rings. The van der Waals surface area contributed by atoms with Gasteiger partial charge in [-0.15, -0.1) is 0 Å². The van der Waals surface area contributed by atoms with Gasteiger partial charge in [0.2, 0.25) is 0 Å². The van der Waals surface area contributed by atoms with Crippen LogP contribution in [0, 0.1) is 0 Å². The minimum Gasteiger partial charge on any atom is -0.405 e. The van der Waals surface area contributed by atoms with Crippen molar-refractivity contribution >= 4 is 25.0 Å². The predicted octanol–water partition coefficient (Wildman–Crippen LogP) is 2.53. The normalized spacial score (nSPS) is 20.6. The van der Waals surface area contributed by atoms with Crippen LogP contribution in [0.5, 0.6) is 0 Å². The highest BCUT2D eigenvalue weighted by atomic mass is 28.4. The number of hydrogen-bond acceptors (Lipinski definition) is 3. The van der Waals surface area contributed by atoms with Crippen LogP contribution in [0.4, 0.5) is 0 Å². The van der Waals surface area contributed by atoms with E-state index in [0.29, 0.717) is 6.61 Å². The second-order valence-electron chi connectivity index (χ2n) is 7.25. The average molecular weight is 340 g/mol. The number of epoxide rings is 1. The highest BCUT2D eigenvalue weighted by Gasteiger charge is 2.52. The van der Waals surface area contributed by atoms with Gasteiger partial charge in [-0.1, -0.05) is 81.4 Å². The lowest BCUT2D eigenvalue weighted by molar-refractivity contribution is -0.108. The van der Waals surface area contributed by atoms with E-state index in [9.17, 15) is 4.79 Å². The molecule has 2 aromatic carbocycles. The summed E-state index contributed by atoms with van der Waals surface area (Å²) in [5.41, 5.74) is 0. The van der Waals surface area contributed by atoms with Gasteiger partial charge in [0.05, 0.1) is 6.61 Å². The lowest BCUT2D eigenvalue weighted by atomic mass is 10.2. The molecule has 0 spiro atoms. The van der Waals surface area contributed by atoms with Crippen LogP contribution in [-0.2, 0) is 14.0 Å². The molecule has 3 rings (SSSR count). The van der Waals surface area contributed by atoms with Crippen molar-refractivity contribution in [3.05, 3.63) is 60.7 Å². The van der Waals surface area contributed by atoms with Crippen molar-refractivity contribution < 1.29 is 14.0 Å². The Morgan fingerprint density at radius 1 is 1.00 bits per heavy atom. The minimum absolute atomic E-state index is 0.0543. The largest absolute Gasteiger partial charge is 0.405 e. The molecule has 0 N–H and O–H groups in total. The van der Waals surface area contributed by atoms with E-state index in [1.807, 2.05) is 12.1 Å². The van der Waals surface area contributed by atoms with Gasteiger partial charge in [-0.2, -0.15) is 0 Å². The molecular weight excluding hydrogens is 316 g/mol. The first-order valence-corrected chi connectivity index (χ1v) is 10.3. The van der Waals surface area contributed by atoms with Gasteiger partial charge in [0.15, 0.2) is 6.29 Å². The summed E-state index contributed by atoms with van der Waals surface area (Å²) >= 11 is 0. The van der Waals surface area contributed by atoms with Crippen LogP contribution in [0.3, 0.4) is 0 Å². The number of aldehydes is 1. The molecule has 1 aliphatic heterocycles. The summed E-state index contributed by atoms with van der Waals surface area (Å²) in [6.07, 6.45) is 0.451. The number of carbonyl (C=O) groups is 1. The summed E-state index contributed by atoms with van der Waals surface area (Å²) in [7, 11) is -2.51. The van der Waals surface area contributed by atoms with Gasteiger partial charge in [-0.25, -0.2) is 0 Å². The molecule has 1 aliphatic rings. The molecule has 0 aliphatic carbocycles. The summed E-state index contributed by atoms with van der Waals surface area (Å²) < 4.78 is 12.1. The maximum absolute atomic E-state index is 10.9. The molecule has 0 amide bonds. The van der Waals surface area contributed by atoms with Gasteiger partial charge in [-0.3, -0.25) is 0 Å². The van der Waals surface area contributed by atoms with E-state index < -0.39 is 8.32 Å². The zero-order chi connectivity index (χ0) is 17.2. The summed E-state index contributed by atoms with van der Waals surface area (Å²) in [4.78, 5) is 10.9. The van der Waals surface area contributed by atoms with Crippen molar-refractivity contribution in [2.24, 2.45) is 0 Å². The molecule has 0 radical (unpaired) electrons. The average Bonchev–Trinajstić information content (AvgIpc) is 3.35. The standard InChI is InChI=1S/C20H24O3Si/c1-20(2,3)24(16-10-6-4-7-11-16,17-12-8-5-9-13-17)22-15-19-18(14-21)23-19/h4-14,18-19H,15H2,1-3H3. The molecule has 0 bridgehead atoms. The Morgan fingerprint density at radius 2 is 1.50 bits per heavy atom. The van der Waals surface area contributed by atoms with Gasteiger partial charge in [0.1, 0.15) is 12.2 Å². The van der Waals surface area contributed by atoms with Crippen LogP contribution in [0.1, 0.15) is 20.8 Å². The predicted molar refractivity (Wildman–Crippen MR) is 98.3 cm³/mol. The molecule has 2 aromatic rings. The summed E-state index contributed by atoms with van der Waals surface area (Å²) in [6, 6.07) is 21.0. The number of benzene rings is 2. The lowest BCUT2D eigenvalue weighted by Gasteiger charge is -2.43. The Kier molecular flexibility index (Phi) is 4.72. The van der Waals surface area contributed by atoms with Gasteiger partial charge in [0.25, 0.3) is 8.32 Å². The molecule has 24 heavy (non-hydrogen) atoms. The van der Waals surface area contributed by atoms with E-state index in [0.717, 1.165) is 6.29 Å². The van der Waals surface area contributed by atoms with Crippen LogP contribution in [0.25, 0.3) is 0 Å². The summed E-state index contributed by atoms with van der Waals surface area (Å²) in [5.74, 6) is 0. The van der Waals surface area contributed by atoms with E-state index in [-0.39, 0.29) is 17.2 Å². The molecule has 126 valence electrons. The fraction of sp³-hybridized carbons (Fsp3) is 0.350. The minimum atomic E-state index is -2.51. The molecule has 4 heteroatoms. The fourth-order valence-corrected chi connectivity index (χ4v) is 7.95. The molecule has 0 aromatic heterocycles. The maximum Gasteiger partial charge on any atom is 0.261 e. The van der Waals surface area contributed by atoms with Crippen LogP contribution in [-0.4, -0.2) is 33.4 Å². The molecule has 1 saturated heterocycles. The zero-order valence-corrected chi connectivity index (χ0v) is 15.4. The van der Waals surface area contributed by atoms with Gasteiger partial charge in [0, 0.05) is 0 Å². The van der Waals surface area contributed by atoms with Crippen molar-refractivity contribution in [2.75, 3.05) is 6.61 Å². The quantitative estimate of drug-likeness (QED) is 0.461. The Labute approximate surface area is 144 Å². The maximum atomic E-state index is 10.9. The highest BCUT2D eigenvalue weighted by molar-refractivity contribution is 6.99. The van der Waals surface area contributed by atoms with E-state index >= 15 is 0 Å². The molecule has 2 atom stereocenters.